The monoisotopic (exact) mass is 505 g/mol. The molecule has 7 nitrogen and oxygen atoms in total. The molecule has 1 aliphatic heterocycles. The number of hydrogen-bond donors (Lipinski definition) is 0. The predicted octanol–water partition coefficient (Wildman–Crippen LogP) is 5.39. The molecule has 4 aromatic heterocycles. The molecule has 0 spiro atoms. The number of ketones is 1. The van der Waals surface area contributed by atoms with Crippen molar-refractivity contribution >= 4 is 28.7 Å². The number of aryl methyl sites for hydroxylation is 3. The van der Waals surface area contributed by atoms with Crippen molar-refractivity contribution in [1.82, 2.24) is 24.1 Å². The van der Waals surface area contributed by atoms with Gasteiger partial charge in [0.25, 0.3) is 5.91 Å². The number of rotatable bonds is 3. The molecule has 0 radical (unpaired) electrons. The molecule has 36 heavy (non-hydrogen) atoms. The van der Waals surface area contributed by atoms with Crippen LogP contribution in [0.2, 0.25) is 0 Å². The molecule has 0 N–H and O–H groups in total. The number of fused-ring (bicyclic) bond motifs is 2. The lowest BCUT2D eigenvalue weighted by Gasteiger charge is -2.27. The lowest BCUT2D eigenvalue weighted by Crippen LogP contribution is -2.36. The highest BCUT2D eigenvalue weighted by Crippen LogP contribution is 2.30. The number of aromatic nitrogens is 4. The van der Waals surface area contributed by atoms with Crippen LogP contribution in [-0.4, -0.2) is 42.3 Å². The van der Waals surface area contributed by atoms with Gasteiger partial charge in [0.05, 0.1) is 18.4 Å². The van der Waals surface area contributed by atoms with E-state index in [9.17, 15) is 9.59 Å². The molecule has 0 bridgehead atoms. The number of carbonyl (C=O) groups is 2. The topological polar surface area (TPSA) is 72.5 Å². The molecule has 0 atom stereocenters. The second-order valence-corrected chi connectivity index (χ2v) is 11.4. The first kappa shape index (κ1) is 25.8. The van der Waals surface area contributed by atoms with Crippen LogP contribution in [0.1, 0.15) is 82.9 Å². The Hall–Kier alpha value is -3.26. The van der Waals surface area contributed by atoms with Gasteiger partial charge in [-0.25, -0.2) is 4.98 Å². The summed E-state index contributed by atoms with van der Waals surface area (Å²) in [5.74, 6) is 0.0826. The van der Waals surface area contributed by atoms with Crippen LogP contribution in [0.15, 0.2) is 36.0 Å². The Bertz CT molecular complexity index is 1420. The molecule has 190 valence electrons. The molecule has 4 aromatic rings. The van der Waals surface area contributed by atoms with Crippen LogP contribution in [0.5, 0.6) is 0 Å². The minimum atomic E-state index is -0.0187. The average Bonchev–Trinajstić information content (AvgIpc) is 3.54. The molecular weight excluding hydrogens is 470 g/mol. The first-order valence-corrected chi connectivity index (χ1v) is 13.2. The SMILES string of the molecule is CC(=O)c1csc2c1CCN(C(=O)c1cnc3cc(C)ccn13)C2.CCc1cc(C(C)(C)C)nn1C. The van der Waals surface area contributed by atoms with Gasteiger partial charge in [0.2, 0.25) is 0 Å². The van der Waals surface area contributed by atoms with Crippen molar-refractivity contribution in [2.75, 3.05) is 6.54 Å². The summed E-state index contributed by atoms with van der Waals surface area (Å²) < 4.78 is 3.81. The molecule has 0 aromatic carbocycles. The van der Waals surface area contributed by atoms with Crippen molar-refractivity contribution in [2.24, 2.45) is 7.05 Å². The summed E-state index contributed by atoms with van der Waals surface area (Å²) in [5, 5.41) is 6.38. The third-order valence-electron chi connectivity index (χ3n) is 6.61. The summed E-state index contributed by atoms with van der Waals surface area (Å²) in [6, 6.07) is 6.13. The van der Waals surface area contributed by atoms with Crippen LogP contribution in [0.3, 0.4) is 0 Å². The van der Waals surface area contributed by atoms with Crippen molar-refractivity contribution in [3.05, 3.63) is 74.6 Å². The number of nitrogens with zero attached hydrogens (tertiary/aromatic N) is 5. The Morgan fingerprint density at radius 3 is 2.56 bits per heavy atom. The molecule has 0 saturated carbocycles. The highest BCUT2D eigenvalue weighted by molar-refractivity contribution is 7.10. The van der Waals surface area contributed by atoms with Gasteiger partial charge >= 0.3 is 0 Å². The number of amides is 1. The normalized spacial score (nSPS) is 13.4. The molecular formula is C28H35N5O2S. The summed E-state index contributed by atoms with van der Waals surface area (Å²) in [5.41, 5.74) is 7.07. The zero-order chi connectivity index (χ0) is 26.2. The predicted molar refractivity (Wildman–Crippen MR) is 144 cm³/mol. The van der Waals surface area contributed by atoms with Gasteiger partial charge in [-0.05, 0) is 56.0 Å². The van der Waals surface area contributed by atoms with Crippen LogP contribution in [0.25, 0.3) is 5.65 Å². The Morgan fingerprint density at radius 1 is 1.19 bits per heavy atom. The lowest BCUT2D eigenvalue weighted by atomic mass is 9.92. The minimum Gasteiger partial charge on any atom is -0.332 e. The number of hydrogen-bond acceptors (Lipinski definition) is 5. The first-order chi connectivity index (χ1) is 17.0. The molecule has 0 aliphatic carbocycles. The maximum absolute atomic E-state index is 12.9. The molecule has 5 heterocycles. The van der Waals surface area contributed by atoms with Crippen molar-refractivity contribution in [2.45, 2.75) is 66.3 Å². The third kappa shape index (κ3) is 5.14. The van der Waals surface area contributed by atoms with Gasteiger partial charge in [0, 0.05) is 46.7 Å². The van der Waals surface area contributed by atoms with Gasteiger partial charge in [-0.3, -0.25) is 18.7 Å². The summed E-state index contributed by atoms with van der Waals surface area (Å²) in [4.78, 5) is 31.9. The Kier molecular flexibility index (Phi) is 7.18. The molecule has 0 fully saturated rings. The van der Waals surface area contributed by atoms with E-state index in [0.29, 0.717) is 18.8 Å². The molecule has 8 heteroatoms. The maximum Gasteiger partial charge on any atom is 0.272 e. The van der Waals surface area contributed by atoms with Crippen LogP contribution >= 0.6 is 11.3 Å². The summed E-state index contributed by atoms with van der Waals surface area (Å²) in [6.45, 7) is 13.5. The maximum atomic E-state index is 12.9. The van der Waals surface area contributed by atoms with E-state index in [4.69, 9.17) is 0 Å². The Balaban J connectivity index is 0.000000214. The fourth-order valence-corrected chi connectivity index (χ4v) is 5.56. The van der Waals surface area contributed by atoms with E-state index in [2.05, 4.69) is 43.8 Å². The van der Waals surface area contributed by atoms with Crippen LogP contribution in [0, 0.1) is 6.92 Å². The number of pyridine rings is 1. The van der Waals surface area contributed by atoms with Crippen LogP contribution < -0.4 is 0 Å². The Labute approximate surface area is 216 Å². The lowest BCUT2D eigenvalue weighted by molar-refractivity contribution is 0.0730. The second-order valence-electron chi connectivity index (χ2n) is 10.4. The molecule has 1 aliphatic rings. The fraction of sp³-hybridized carbons (Fsp3) is 0.429. The van der Waals surface area contributed by atoms with Crippen molar-refractivity contribution in [3.63, 3.8) is 0 Å². The Morgan fingerprint density at radius 2 is 1.94 bits per heavy atom. The van der Waals surface area contributed by atoms with E-state index in [1.165, 1.54) is 11.4 Å². The van der Waals surface area contributed by atoms with Crippen molar-refractivity contribution in [1.29, 1.82) is 0 Å². The average molecular weight is 506 g/mol. The summed E-state index contributed by atoms with van der Waals surface area (Å²) >= 11 is 1.57. The number of Topliss-reactive ketones (excluding diaryl/α,β-unsaturated/α-hetero) is 1. The molecule has 0 unspecified atom stereocenters. The standard InChI is InChI=1S/C18H17N3O2S.C10H18N2/c1-11-3-6-21-15(8-19-17(21)7-11)18(23)20-5-4-13-14(12(2)22)10-24-16(13)9-20;1-6-8-7-9(10(2,3)4)11-12(8)5/h3,6-8,10H,4-5,9H2,1-2H3;7H,6H2,1-5H3. The van der Waals surface area contributed by atoms with E-state index < -0.39 is 0 Å². The third-order valence-corrected chi connectivity index (χ3v) is 7.62. The first-order valence-electron chi connectivity index (χ1n) is 12.4. The van der Waals surface area contributed by atoms with E-state index in [0.717, 1.165) is 40.1 Å². The smallest absolute Gasteiger partial charge is 0.272 e. The van der Waals surface area contributed by atoms with E-state index in [-0.39, 0.29) is 17.1 Å². The summed E-state index contributed by atoms with van der Waals surface area (Å²) in [6.07, 6.45) is 5.32. The van der Waals surface area contributed by atoms with Gasteiger partial charge in [-0.1, -0.05) is 27.7 Å². The zero-order valence-electron chi connectivity index (χ0n) is 22.3. The van der Waals surface area contributed by atoms with Gasteiger partial charge in [0.1, 0.15) is 11.3 Å². The van der Waals surface area contributed by atoms with Gasteiger partial charge in [-0.2, -0.15) is 5.10 Å². The summed E-state index contributed by atoms with van der Waals surface area (Å²) in [7, 11) is 2.01. The largest absolute Gasteiger partial charge is 0.332 e. The number of carbonyl (C=O) groups excluding carboxylic acids is 2. The fourth-order valence-electron chi connectivity index (χ4n) is 4.40. The zero-order valence-corrected chi connectivity index (χ0v) is 23.1. The minimum absolute atomic E-state index is 0.0187. The number of imidazole rings is 1. The number of thiophene rings is 1. The highest BCUT2D eigenvalue weighted by Gasteiger charge is 2.27. The van der Waals surface area contributed by atoms with E-state index in [1.54, 1.807) is 24.5 Å². The molecule has 1 amide bonds. The van der Waals surface area contributed by atoms with Crippen molar-refractivity contribution < 1.29 is 9.59 Å². The molecule has 0 saturated heterocycles. The van der Waals surface area contributed by atoms with E-state index >= 15 is 0 Å². The van der Waals surface area contributed by atoms with Gasteiger partial charge < -0.3 is 4.90 Å². The van der Waals surface area contributed by atoms with Crippen LogP contribution in [-0.2, 0) is 31.8 Å². The van der Waals surface area contributed by atoms with E-state index in [1.807, 2.05) is 51.7 Å². The highest BCUT2D eigenvalue weighted by atomic mass is 32.1. The van der Waals surface area contributed by atoms with Crippen molar-refractivity contribution in [3.8, 4) is 0 Å². The van der Waals surface area contributed by atoms with Crippen LogP contribution in [0.4, 0.5) is 0 Å². The molecule has 5 rings (SSSR count). The second kappa shape index (κ2) is 10.0. The van der Waals surface area contributed by atoms with Gasteiger partial charge in [-0.15, -0.1) is 11.3 Å². The van der Waals surface area contributed by atoms with Gasteiger partial charge in [0.15, 0.2) is 5.78 Å². The quantitative estimate of drug-likeness (QED) is 0.350.